The summed E-state index contributed by atoms with van der Waals surface area (Å²) in [5.41, 5.74) is 1.61. The lowest BCUT2D eigenvalue weighted by Gasteiger charge is -2.24. The van der Waals surface area contributed by atoms with Crippen molar-refractivity contribution in [2.45, 2.75) is 9.96 Å². The maximum absolute atomic E-state index is 10.5. The summed E-state index contributed by atoms with van der Waals surface area (Å²) in [7, 11) is 0. The monoisotopic (exact) mass is 306 g/mol. The quantitative estimate of drug-likeness (QED) is 0.461. The van der Waals surface area contributed by atoms with Crippen LogP contribution in [-0.4, -0.2) is 26.3 Å². The highest BCUT2D eigenvalue weighted by atomic mass is 35.6. The minimum Gasteiger partial charge on any atom is -0.335 e. The van der Waals surface area contributed by atoms with Crippen LogP contribution in [0.15, 0.2) is 24.3 Å². The first-order chi connectivity index (χ1) is 8.50. The molecule has 0 bridgehead atoms. The van der Waals surface area contributed by atoms with Gasteiger partial charge in [0.05, 0.1) is 11.0 Å². The summed E-state index contributed by atoms with van der Waals surface area (Å²) in [4.78, 5) is 17.7. The Morgan fingerprint density at radius 3 is 2.67 bits per heavy atom. The number of alkyl halides is 3. The van der Waals surface area contributed by atoms with E-state index in [4.69, 9.17) is 34.8 Å². The number of carbonyl (C=O) groups excluding carboxylic acids is 1. The average molecular weight is 308 g/mol. The van der Waals surface area contributed by atoms with Crippen molar-refractivity contribution in [1.82, 2.24) is 15.3 Å². The molecule has 0 aliphatic heterocycles. The molecule has 0 saturated carbocycles. The molecular weight excluding hydrogens is 298 g/mol. The van der Waals surface area contributed by atoms with E-state index < -0.39 is 9.96 Å². The van der Waals surface area contributed by atoms with E-state index in [1.54, 1.807) is 0 Å². The molecule has 96 valence electrons. The van der Waals surface area contributed by atoms with Gasteiger partial charge in [-0.2, -0.15) is 0 Å². The van der Waals surface area contributed by atoms with Gasteiger partial charge in [-0.25, -0.2) is 4.98 Å². The predicted octanol–water partition coefficient (Wildman–Crippen LogP) is 2.42. The first kappa shape index (κ1) is 13.3. The Morgan fingerprint density at radius 2 is 2.06 bits per heavy atom. The van der Waals surface area contributed by atoms with Gasteiger partial charge in [-0.3, -0.25) is 4.79 Å². The molecule has 0 saturated heterocycles. The fraction of sp³-hybridized carbons (Fsp3) is 0.200. The summed E-state index contributed by atoms with van der Waals surface area (Å²) >= 11 is 17.2. The van der Waals surface area contributed by atoms with Crippen molar-refractivity contribution in [3.05, 3.63) is 24.3 Å². The summed E-state index contributed by atoms with van der Waals surface area (Å²) in [6.07, 6.45) is -0.442. The van der Waals surface area contributed by atoms with Crippen LogP contribution >= 0.6 is 34.8 Å². The fourth-order valence-corrected chi connectivity index (χ4v) is 1.80. The van der Waals surface area contributed by atoms with Crippen LogP contribution in [0.4, 0.5) is 5.95 Å². The van der Waals surface area contributed by atoms with Gasteiger partial charge in [0.15, 0.2) is 0 Å². The van der Waals surface area contributed by atoms with E-state index >= 15 is 0 Å². The van der Waals surface area contributed by atoms with Crippen molar-refractivity contribution in [2.75, 3.05) is 5.32 Å². The number of carbonyl (C=O) groups is 1. The van der Waals surface area contributed by atoms with Crippen molar-refractivity contribution in [2.24, 2.45) is 0 Å². The Hall–Kier alpha value is -1.17. The molecule has 1 heterocycles. The molecule has 1 atom stereocenters. The number of imidazole rings is 1. The first-order valence-corrected chi connectivity index (χ1v) is 6.12. The number of aromatic nitrogens is 2. The van der Waals surface area contributed by atoms with Gasteiger partial charge in [0, 0.05) is 0 Å². The summed E-state index contributed by atoms with van der Waals surface area (Å²) in [5.74, 6) is 0.405. The van der Waals surface area contributed by atoms with Crippen LogP contribution in [-0.2, 0) is 4.79 Å². The molecule has 1 aromatic heterocycles. The summed E-state index contributed by atoms with van der Waals surface area (Å²) in [5, 5.41) is 5.17. The van der Waals surface area contributed by atoms with Gasteiger partial charge >= 0.3 is 0 Å². The number of nitrogens with one attached hydrogen (secondary N) is 3. The van der Waals surface area contributed by atoms with Crippen LogP contribution < -0.4 is 10.6 Å². The van der Waals surface area contributed by atoms with Crippen molar-refractivity contribution >= 4 is 58.2 Å². The normalized spacial score (nSPS) is 13.3. The number of amides is 1. The van der Waals surface area contributed by atoms with Crippen molar-refractivity contribution in [3.63, 3.8) is 0 Å². The molecule has 18 heavy (non-hydrogen) atoms. The van der Waals surface area contributed by atoms with E-state index in [-0.39, 0.29) is 0 Å². The van der Waals surface area contributed by atoms with Gasteiger partial charge < -0.3 is 15.6 Å². The number of hydrogen-bond donors (Lipinski definition) is 3. The van der Waals surface area contributed by atoms with Gasteiger partial charge in [0.2, 0.25) is 16.2 Å². The van der Waals surface area contributed by atoms with Gasteiger partial charge in [-0.1, -0.05) is 46.9 Å². The Labute approximate surface area is 118 Å². The molecule has 2 aromatic rings. The Morgan fingerprint density at radius 1 is 1.33 bits per heavy atom. The van der Waals surface area contributed by atoms with Crippen LogP contribution in [0.2, 0.25) is 0 Å². The zero-order chi connectivity index (χ0) is 13.2. The molecule has 0 radical (unpaired) electrons. The second-order valence-electron chi connectivity index (χ2n) is 3.51. The van der Waals surface area contributed by atoms with Gasteiger partial charge in [-0.15, -0.1) is 0 Å². The second kappa shape index (κ2) is 5.22. The highest BCUT2D eigenvalue weighted by molar-refractivity contribution is 6.68. The predicted molar refractivity (Wildman–Crippen MR) is 73.0 cm³/mol. The van der Waals surface area contributed by atoms with E-state index in [0.717, 1.165) is 11.0 Å². The lowest BCUT2D eigenvalue weighted by atomic mass is 10.3. The molecule has 0 spiro atoms. The summed E-state index contributed by atoms with van der Waals surface area (Å²) < 4.78 is -1.69. The second-order valence-corrected chi connectivity index (χ2v) is 5.87. The molecule has 8 heteroatoms. The van der Waals surface area contributed by atoms with Crippen LogP contribution in [0, 0.1) is 0 Å². The van der Waals surface area contributed by atoms with E-state index in [1.165, 1.54) is 0 Å². The van der Waals surface area contributed by atoms with Crippen molar-refractivity contribution in [3.8, 4) is 0 Å². The smallest absolute Gasteiger partial charge is 0.228 e. The number of rotatable bonds is 4. The highest BCUT2D eigenvalue weighted by Gasteiger charge is 2.33. The zero-order valence-electron chi connectivity index (χ0n) is 8.95. The average Bonchev–Trinajstić information content (AvgIpc) is 2.69. The molecule has 0 fully saturated rings. The molecule has 1 unspecified atom stereocenters. The molecule has 5 nitrogen and oxygen atoms in total. The Balaban J connectivity index is 2.23. The van der Waals surface area contributed by atoms with Crippen molar-refractivity contribution in [1.29, 1.82) is 0 Å². The summed E-state index contributed by atoms with van der Waals surface area (Å²) in [6.45, 7) is 0. The van der Waals surface area contributed by atoms with Crippen LogP contribution in [0.5, 0.6) is 0 Å². The molecule has 0 aliphatic carbocycles. The van der Waals surface area contributed by atoms with Gasteiger partial charge in [-0.05, 0) is 12.1 Å². The maximum atomic E-state index is 10.5. The van der Waals surface area contributed by atoms with Crippen LogP contribution in [0.1, 0.15) is 0 Å². The molecule has 1 amide bonds. The number of nitrogens with zero attached hydrogens (tertiary/aromatic N) is 1. The number of aromatic amines is 1. The number of H-pyrrole nitrogens is 1. The third-order valence-electron chi connectivity index (χ3n) is 2.23. The van der Waals surface area contributed by atoms with Crippen LogP contribution in [0.25, 0.3) is 11.0 Å². The topological polar surface area (TPSA) is 69.8 Å². The lowest BCUT2D eigenvalue weighted by molar-refractivity contribution is -0.110. The number of anilines is 1. The molecule has 2 rings (SSSR count). The molecule has 1 aromatic carbocycles. The van der Waals surface area contributed by atoms with Crippen molar-refractivity contribution < 1.29 is 4.79 Å². The zero-order valence-corrected chi connectivity index (χ0v) is 11.2. The molecule has 3 N–H and O–H groups in total. The Bertz CT molecular complexity index is 518. The minimum atomic E-state index is -1.69. The van der Waals surface area contributed by atoms with E-state index in [1.807, 2.05) is 24.3 Å². The fourth-order valence-electron chi connectivity index (χ4n) is 1.44. The van der Waals surface area contributed by atoms with E-state index in [2.05, 4.69) is 20.6 Å². The third kappa shape index (κ3) is 2.98. The minimum absolute atomic E-state index is 0.405. The Kier molecular flexibility index (Phi) is 3.85. The maximum Gasteiger partial charge on any atom is 0.228 e. The SMILES string of the molecule is O=CNC(Nc1nc2ccccc2[nH]1)C(Cl)(Cl)Cl. The number of benzene rings is 1. The van der Waals surface area contributed by atoms with E-state index in [9.17, 15) is 4.79 Å². The first-order valence-electron chi connectivity index (χ1n) is 4.98. The highest BCUT2D eigenvalue weighted by Crippen LogP contribution is 2.30. The van der Waals surface area contributed by atoms with Gasteiger partial charge in [0.1, 0.15) is 6.17 Å². The molecule has 0 aliphatic rings. The third-order valence-corrected chi connectivity index (χ3v) is 2.89. The van der Waals surface area contributed by atoms with Crippen LogP contribution in [0.3, 0.4) is 0 Å². The number of fused-ring (bicyclic) bond motifs is 1. The largest absolute Gasteiger partial charge is 0.335 e. The van der Waals surface area contributed by atoms with E-state index in [0.29, 0.717) is 12.4 Å². The molecular formula is C10H9Cl3N4O. The summed E-state index contributed by atoms with van der Waals surface area (Å²) in [6, 6.07) is 7.45. The number of halogens is 3. The standard InChI is InChI=1S/C10H9Cl3N4O/c11-10(12,13)8(14-5-18)17-9-15-6-3-1-2-4-7(6)16-9/h1-5,8H,(H,14,18)(H2,15,16,17). The van der Waals surface area contributed by atoms with Gasteiger partial charge in [0.25, 0.3) is 0 Å². The number of hydrogen-bond acceptors (Lipinski definition) is 3. The lowest BCUT2D eigenvalue weighted by Crippen LogP contribution is -2.46. The number of para-hydroxylation sites is 2.